The lowest BCUT2D eigenvalue weighted by Crippen LogP contribution is -2.52. The van der Waals surface area contributed by atoms with Gasteiger partial charge in [0.2, 0.25) is 5.91 Å². The van der Waals surface area contributed by atoms with Gasteiger partial charge in [0.25, 0.3) is 0 Å². The fraction of sp³-hybridized carbons (Fsp3) is 0.458. The van der Waals surface area contributed by atoms with E-state index in [1.165, 1.54) is 0 Å². The van der Waals surface area contributed by atoms with Gasteiger partial charge < -0.3 is 9.80 Å². The quantitative estimate of drug-likeness (QED) is 0.628. The minimum Gasteiger partial charge on any atom is -0.359 e. The largest absolute Gasteiger partial charge is 0.416 e. The van der Waals surface area contributed by atoms with Crippen molar-refractivity contribution in [1.82, 2.24) is 4.90 Å². The first-order chi connectivity index (χ1) is 14.2. The molecular weight excluding hydrogens is 389 g/mol. The number of nitrogens with zero attached hydrogens (tertiary/aromatic N) is 2. The number of amides is 1. The fourth-order valence-electron chi connectivity index (χ4n) is 4.21. The lowest BCUT2D eigenvalue weighted by atomic mass is 9.86. The lowest BCUT2D eigenvalue weighted by Gasteiger charge is -2.42. The molecule has 2 atom stereocenters. The van der Waals surface area contributed by atoms with Crippen LogP contribution < -0.4 is 4.90 Å². The number of carbonyl (C=O) groups is 1. The number of halogens is 3. The van der Waals surface area contributed by atoms with Crippen molar-refractivity contribution in [3.63, 3.8) is 0 Å². The zero-order valence-electron chi connectivity index (χ0n) is 17.7. The van der Waals surface area contributed by atoms with Gasteiger partial charge in [-0.25, -0.2) is 0 Å². The fourth-order valence-corrected chi connectivity index (χ4v) is 4.21. The molecule has 0 radical (unpaired) electrons. The first-order valence-electron chi connectivity index (χ1n) is 10.5. The molecule has 30 heavy (non-hydrogen) atoms. The maximum absolute atomic E-state index is 13.2. The molecule has 1 aliphatic rings. The first kappa shape index (κ1) is 22.2. The van der Waals surface area contributed by atoms with E-state index in [0.717, 1.165) is 35.4 Å². The number of aryl methyl sites for hydroxylation is 1. The van der Waals surface area contributed by atoms with Gasteiger partial charge >= 0.3 is 6.18 Å². The Morgan fingerprint density at radius 3 is 2.13 bits per heavy atom. The summed E-state index contributed by atoms with van der Waals surface area (Å²) in [5, 5.41) is 0. The average Bonchev–Trinajstić information content (AvgIpc) is 2.74. The van der Waals surface area contributed by atoms with E-state index in [1.54, 1.807) is 12.1 Å². The van der Waals surface area contributed by atoms with Gasteiger partial charge in [0.1, 0.15) is 6.04 Å². The number of hydrogen-bond acceptors (Lipinski definition) is 2. The third kappa shape index (κ3) is 4.79. The van der Waals surface area contributed by atoms with Crippen LogP contribution in [0.15, 0.2) is 48.5 Å². The maximum atomic E-state index is 13.2. The molecule has 0 unspecified atom stereocenters. The normalized spacial score (nSPS) is 19.6. The highest BCUT2D eigenvalue weighted by molar-refractivity contribution is 5.85. The van der Waals surface area contributed by atoms with Crippen molar-refractivity contribution in [3.8, 4) is 0 Å². The number of benzene rings is 2. The van der Waals surface area contributed by atoms with E-state index in [0.29, 0.717) is 26.1 Å². The summed E-state index contributed by atoms with van der Waals surface area (Å²) in [6.07, 6.45) is -2.89. The van der Waals surface area contributed by atoms with E-state index in [9.17, 15) is 18.0 Å². The number of piperidine rings is 1. The summed E-state index contributed by atoms with van der Waals surface area (Å²) < 4.78 is 38.7. The van der Waals surface area contributed by atoms with Crippen molar-refractivity contribution >= 4 is 11.6 Å². The van der Waals surface area contributed by atoms with Gasteiger partial charge in [0, 0.05) is 31.2 Å². The number of likely N-dealkylation sites (N-methyl/N-ethyl adjacent to an activating group) is 1. The molecule has 0 spiro atoms. The van der Waals surface area contributed by atoms with Crippen molar-refractivity contribution in [2.45, 2.75) is 51.7 Å². The number of rotatable bonds is 5. The van der Waals surface area contributed by atoms with Crippen LogP contribution in [0, 0.1) is 6.92 Å². The Labute approximate surface area is 176 Å². The van der Waals surface area contributed by atoms with E-state index >= 15 is 0 Å². The molecule has 0 aromatic heterocycles. The van der Waals surface area contributed by atoms with Crippen molar-refractivity contribution in [2.75, 3.05) is 24.5 Å². The summed E-state index contributed by atoms with van der Waals surface area (Å²) in [5.74, 6) is 0.195. The molecule has 0 saturated carbocycles. The highest BCUT2D eigenvalue weighted by Crippen LogP contribution is 2.36. The minimum atomic E-state index is -4.33. The van der Waals surface area contributed by atoms with Gasteiger partial charge in [0.15, 0.2) is 0 Å². The summed E-state index contributed by atoms with van der Waals surface area (Å²) in [7, 11) is 0. The second-order valence-corrected chi connectivity index (χ2v) is 7.91. The van der Waals surface area contributed by atoms with Gasteiger partial charge in [-0.15, -0.1) is 0 Å². The Morgan fingerprint density at radius 2 is 1.60 bits per heavy atom. The van der Waals surface area contributed by atoms with Crippen molar-refractivity contribution < 1.29 is 18.0 Å². The lowest BCUT2D eigenvalue weighted by molar-refractivity contribution is -0.137. The Hall–Kier alpha value is -2.50. The summed E-state index contributed by atoms with van der Waals surface area (Å²) in [5.41, 5.74) is 2.37. The van der Waals surface area contributed by atoms with E-state index in [-0.39, 0.29) is 17.9 Å². The van der Waals surface area contributed by atoms with Crippen molar-refractivity contribution in [2.24, 2.45) is 0 Å². The molecule has 1 heterocycles. The number of anilines is 1. The molecule has 3 rings (SSSR count). The average molecular weight is 419 g/mol. The topological polar surface area (TPSA) is 23.6 Å². The monoisotopic (exact) mass is 418 g/mol. The molecule has 0 bridgehead atoms. The number of alkyl halides is 3. The molecule has 3 nitrogen and oxygen atoms in total. The standard InChI is InChI=1S/C24H29F3N2O/c1-4-28(5-2)23(30)22-15-10-19(16-29(22)21-13-6-17(3)7-14-21)18-8-11-20(12-9-18)24(25,26)27/h6-9,11-14,19,22H,4-5,10,15-16H2,1-3H3/t19-,22-/m0/s1. The Balaban J connectivity index is 1.88. The van der Waals surface area contributed by atoms with Gasteiger partial charge in [-0.2, -0.15) is 13.2 Å². The summed E-state index contributed by atoms with van der Waals surface area (Å²) in [6, 6.07) is 13.3. The van der Waals surface area contributed by atoms with Crippen molar-refractivity contribution in [1.29, 1.82) is 0 Å². The van der Waals surface area contributed by atoms with Crippen molar-refractivity contribution in [3.05, 3.63) is 65.2 Å². The Kier molecular flexibility index (Phi) is 6.74. The summed E-state index contributed by atoms with van der Waals surface area (Å²) in [4.78, 5) is 17.2. The first-order valence-corrected chi connectivity index (χ1v) is 10.5. The van der Waals surface area contributed by atoms with E-state index in [4.69, 9.17) is 0 Å². The summed E-state index contributed by atoms with van der Waals surface area (Å²) in [6.45, 7) is 7.90. The highest BCUT2D eigenvalue weighted by atomic mass is 19.4. The van der Waals surface area contributed by atoms with Crippen LogP contribution in [0.25, 0.3) is 0 Å². The van der Waals surface area contributed by atoms with Crippen LogP contribution in [0.4, 0.5) is 18.9 Å². The molecule has 6 heteroatoms. The minimum absolute atomic E-state index is 0.0781. The molecule has 1 saturated heterocycles. The van der Waals surface area contributed by atoms with Gasteiger partial charge in [-0.1, -0.05) is 29.8 Å². The number of carbonyl (C=O) groups excluding carboxylic acids is 1. The molecule has 2 aromatic carbocycles. The van der Waals surface area contributed by atoms with Gasteiger partial charge in [-0.3, -0.25) is 4.79 Å². The molecule has 2 aromatic rings. The molecule has 162 valence electrons. The zero-order chi connectivity index (χ0) is 21.9. The van der Waals surface area contributed by atoms with Crippen LogP contribution in [0.5, 0.6) is 0 Å². The Morgan fingerprint density at radius 1 is 1.00 bits per heavy atom. The molecule has 1 amide bonds. The summed E-state index contributed by atoms with van der Waals surface area (Å²) >= 11 is 0. The van der Waals surface area contributed by atoms with Crippen LogP contribution in [0.3, 0.4) is 0 Å². The van der Waals surface area contributed by atoms with Gasteiger partial charge in [-0.05, 0) is 63.4 Å². The van der Waals surface area contributed by atoms with Crippen LogP contribution >= 0.6 is 0 Å². The van der Waals surface area contributed by atoms with Gasteiger partial charge in [0.05, 0.1) is 5.56 Å². The second-order valence-electron chi connectivity index (χ2n) is 7.91. The third-order valence-corrected chi connectivity index (χ3v) is 6.02. The molecule has 0 N–H and O–H groups in total. The molecule has 1 fully saturated rings. The van der Waals surface area contributed by atoms with Crippen LogP contribution in [-0.4, -0.2) is 36.5 Å². The second kappa shape index (κ2) is 9.11. The number of hydrogen-bond donors (Lipinski definition) is 0. The zero-order valence-corrected chi connectivity index (χ0v) is 17.7. The molecule has 1 aliphatic heterocycles. The smallest absolute Gasteiger partial charge is 0.359 e. The van der Waals surface area contributed by atoms with Crippen LogP contribution in [0.1, 0.15) is 49.3 Å². The van der Waals surface area contributed by atoms with Crippen LogP contribution in [-0.2, 0) is 11.0 Å². The maximum Gasteiger partial charge on any atom is 0.416 e. The third-order valence-electron chi connectivity index (χ3n) is 6.02. The van der Waals surface area contributed by atoms with E-state index < -0.39 is 11.7 Å². The predicted molar refractivity (Wildman–Crippen MR) is 114 cm³/mol. The Bertz CT molecular complexity index is 842. The SMILES string of the molecule is CCN(CC)C(=O)[C@@H]1CC[C@H](c2ccc(C(F)(F)F)cc2)CN1c1ccc(C)cc1. The highest BCUT2D eigenvalue weighted by Gasteiger charge is 2.36. The van der Waals surface area contributed by atoms with E-state index in [1.807, 2.05) is 49.9 Å². The van der Waals surface area contributed by atoms with E-state index in [2.05, 4.69) is 4.90 Å². The molecular formula is C24H29F3N2O. The van der Waals surface area contributed by atoms with Crippen LogP contribution in [0.2, 0.25) is 0 Å². The molecule has 0 aliphatic carbocycles. The predicted octanol–water partition coefficient (Wildman–Crippen LogP) is 5.63.